The molecule has 0 aliphatic rings. The Bertz CT molecular complexity index is 295. The Balaban J connectivity index is 2.51. The molecule has 1 aromatic rings. The topological polar surface area (TPSA) is 47.1 Å². The molecule has 2 unspecified atom stereocenters. The third-order valence-corrected chi connectivity index (χ3v) is 3.08. The van der Waals surface area contributed by atoms with Gasteiger partial charge in [-0.05, 0) is 26.4 Å². The van der Waals surface area contributed by atoms with E-state index in [0.717, 1.165) is 13.1 Å². The highest BCUT2D eigenvalue weighted by Crippen LogP contribution is 2.11. The van der Waals surface area contributed by atoms with E-state index < -0.39 is 0 Å². The van der Waals surface area contributed by atoms with Crippen LogP contribution in [0.4, 0.5) is 0 Å². The van der Waals surface area contributed by atoms with Crippen molar-refractivity contribution < 1.29 is 0 Å². The summed E-state index contributed by atoms with van der Waals surface area (Å²) in [6.07, 6.45) is 3.96. The molecular formula is C11H22N4. The lowest BCUT2D eigenvalue weighted by Gasteiger charge is -2.28. The highest BCUT2D eigenvalue weighted by molar-refractivity contribution is 5.03. The van der Waals surface area contributed by atoms with Gasteiger partial charge >= 0.3 is 0 Å². The second-order valence-electron chi connectivity index (χ2n) is 4.39. The number of hydrogen-bond acceptors (Lipinski definition) is 3. The molecule has 0 aliphatic carbocycles. The first-order valence-corrected chi connectivity index (χ1v) is 5.42. The van der Waals surface area contributed by atoms with Gasteiger partial charge in [0.2, 0.25) is 0 Å². The van der Waals surface area contributed by atoms with Crippen molar-refractivity contribution in [3.8, 4) is 0 Å². The lowest BCUT2D eigenvalue weighted by Crippen LogP contribution is -2.37. The second kappa shape index (κ2) is 5.28. The van der Waals surface area contributed by atoms with Crippen LogP contribution in [0.2, 0.25) is 0 Å². The maximum atomic E-state index is 5.67. The van der Waals surface area contributed by atoms with Gasteiger partial charge in [-0.25, -0.2) is 0 Å². The minimum absolute atomic E-state index is 0.496. The molecular weight excluding hydrogens is 188 g/mol. The van der Waals surface area contributed by atoms with Crippen LogP contribution in [0.15, 0.2) is 12.4 Å². The van der Waals surface area contributed by atoms with Crippen LogP contribution in [0.25, 0.3) is 0 Å². The van der Waals surface area contributed by atoms with Crippen molar-refractivity contribution in [2.75, 3.05) is 13.6 Å². The van der Waals surface area contributed by atoms with E-state index in [1.54, 1.807) is 0 Å². The van der Waals surface area contributed by atoms with Crippen LogP contribution in [-0.2, 0) is 13.6 Å². The van der Waals surface area contributed by atoms with Gasteiger partial charge < -0.3 is 5.73 Å². The number of hydrogen-bond donors (Lipinski definition) is 1. The largest absolute Gasteiger partial charge is 0.330 e. The van der Waals surface area contributed by atoms with Gasteiger partial charge in [-0.2, -0.15) is 5.10 Å². The molecule has 4 nitrogen and oxygen atoms in total. The molecule has 2 N–H and O–H groups in total. The van der Waals surface area contributed by atoms with Crippen LogP contribution in [0, 0.1) is 5.92 Å². The van der Waals surface area contributed by atoms with Crippen LogP contribution in [0.3, 0.4) is 0 Å². The molecule has 0 saturated heterocycles. The third kappa shape index (κ3) is 3.32. The molecule has 0 saturated carbocycles. The smallest absolute Gasteiger partial charge is 0.0534 e. The first kappa shape index (κ1) is 12.2. The van der Waals surface area contributed by atoms with Crippen LogP contribution in [-0.4, -0.2) is 34.3 Å². The molecule has 1 rings (SSSR count). The van der Waals surface area contributed by atoms with Gasteiger partial charge in [0, 0.05) is 31.4 Å². The lowest BCUT2D eigenvalue weighted by molar-refractivity contribution is 0.194. The fourth-order valence-corrected chi connectivity index (χ4v) is 1.62. The average Bonchev–Trinajstić information content (AvgIpc) is 2.61. The first-order valence-electron chi connectivity index (χ1n) is 5.42. The summed E-state index contributed by atoms with van der Waals surface area (Å²) in [6, 6.07) is 0.496. The zero-order valence-electron chi connectivity index (χ0n) is 10.1. The van der Waals surface area contributed by atoms with Crippen molar-refractivity contribution >= 4 is 0 Å². The second-order valence-corrected chi connectivity index (χ2v) is 4.39. The van der Waals surface area contributed by atoms with E-state index in [0.29, 0.717) is 12.0 Å². The van der Waals surface area contributed by atoms with Gasteiger partial charge in [0.05, 0.1) is 6.20 Å². The van der Waals surface area contributed by atoms with Crippen molar-refractivity contribution in [3.05, 3.63) is 18.0 Å². The number of rotatable bonds is 5. The van der Waals surface area contributed by atoms with Crippen molar-refractivity contribution in [1.82, 2.24) is 14.7 Å². The van der Waals surface area contributed by atoms with Crippen molar-refractivity contribution in [2.24, 2.45) is 18.7 Å². The molecule has 1 heterocycles. The number of aryl methyl sites for hydroxylation is 1. The minimum Gasteiger partial charge on any atom is -0.330 e. The number of nitrogens with zero attached hydrogens (tertiary/aromatic N) is 3. The quantitative estimate of drug-likeness (QED) is 0.783. The fraction of sp³-hybridized carbons (Fsp3) is 0.727. The Hall–Kier alpha value is -0.870. The molecule has 15 heavy (non-hydrogen) atoms. The third-order valence-electron chi connectivity index (χ3n) is 3.08. The van der Waals surface area contributed by atoms with Gasteiger partial charge in [-0.1, -0.05) is 6.92 Å². The van der Waals surface area contributed by atoms with Gasteiger partial charge in [0.1, 0.15) is 0 Å². The normalized spacial score (nSPS) is 15.6. The summed E-state index contributed by atoms with van der Waals surface area (Å²) in [5.74, 6) is 0.520. The van der Waals surface area contributed by atoms with E-state index >= 15 is 0 Å². The van der Waals surface area contributed by atoms with E-state index in [1.165, 1.54) is 5.56 Å². The molecule has 0 spiro atoms. The highest BCUT2D eigenvalue weighted by atomic mass is 15.2. The predicted molar refractivity (Wildman–Crippen MR) is 62.4 cm³/mol. The van der Waals surface area contributed by atoms with Crippen LogP contribution in [0.5, 0.6) is 0 Å². The highest BCUT2D eigenvalue weighted by Gasteiger charge is 2.15. The Morgan fingerprint density at radius 1 is 1.53 bits per heavy atom. The SMILES string of the molecule is CC(CN)C(C)N(C)Cc1cnn(C)c1. The molecule has 0 aromatic carbocycles. The molecule has 0 aliphatic heterocycles. The molecule has 1 aromatic heterocycles. The monoisotopic (exact) mass is 210 g/mol. The van der Waals surface area contributed by atoms with E-state index in [-0.39, 0.29) is 0 Å². The summed E-state index contributed by atoms with van der Waals surface area (Å²) in [6.45, 7) is 6.07. The molecule has 2 atom stereocenters. The lowest BCUT2D eigenvalue weighted by atomic mass is 10.0. The Morgan fingerprint density at radius 2 is 2.20 bits per heavy atom. The van der Waals surface area contributed by atoms with Crippen LogP contribution < -0.4 is 5.73 Å². The van der Waals surface area contributed by atoms with Gasteiger partial charge in [-0.15, -0.1) is 0 Å². The summed E-state index contributed by atoms with van der Waals surface area (Å²) < 4.78 is 1.83. The van der Waals surface area contributed by atoms with E-state index in [2.05, 4.69) is 37.1 Å². The molecule has 0 bridgehead atoms. The number of nitrogens with two attached hydrogens (primary N) is 1. The summed E-state index contributed by atoms with van der Waals surface area (Å²) in [5.41, 5.74) is 6.91. The molecule has 0 amide bonds. The van der Waals surface area contributed by atoms with E-state index in [1.807, 2.05) is 17.9 Å². The van der Waals surface area contributed by atoms with E-state index in [9.17, 15) is 0 Å². The van der Waals surface area contributed by atoms with Crippen molar-refractivity contribution in [1.29, 1.82) is 0 Å². The average molecular weight is 210 g/mol. The summed E-state index contributed by atoms with van der Waals surface area (Å²) in [7, 11) is 4.07. The Morgan fingerprint density at radius 3 is 2.67 bits per heavy atom. The van der Waals surface area contributed by atoms with Crippen LogP contribution in [0.1, 0.15) is 19.4 Å². The van der Waals surface area contributed by atoms with Crippen LogP contribution >= 0.6 is 0 Å². The van der Waals surface area contributed by atoms with E-state index in [4.69, 9.17) is 5.73 Å². The molecule has 4 heteroatoms. The van der Waals surface area contributed by atoms with Gasteiger partial charge in [0.15, 0.2) is 0 Å². The Labute approximate surface area is 92.1 Å². The Kier molecular flexibility index (Phi) is 4.29. The molecule has 86 valence electrons. The summed E-state index contributed by atoms with van der Waals surface area (Å²) in [5, 5.41) is 4.16. The maximum Gasteiger partial charge on any atom is 0.0534 e. The zero-order valence-corrected chi connectivity index (χ0v) is 10.1. The predicted octanol–water partition coefficient (Wildman–Crippen LogP) is 0.835. The van der Waals surface area contributed by atoms with Crippen molar-refractivity contribution in [2.45, 2.75) is 26.4 Å². The first-order chi connectivity index (χ1) is 7.04. The maximum absolute atomic E-state index is 5.67. The van der Waals surface area contributed by atoms with Gasteiger partial charge in [-0.3, -0.25) is 9.58 Å². The van der Waals surface area contributed by atoms with Crippen molar-refractivity contribution in [3.63, 3.8) is 0 Å². The molecule has 0 radical (unpaired) electrons. The summed E-state index contributed by atoms with van der Waals surface area (Å²) in [4.78, 5) is 2.31. The molecule has 0 fully saturated rings. The number of aromatic nitrogens is 2. The zero-order chi connectivity index (χ0) is 11.4. The standard InChI is InChI=1S/C11H22N4/c1-9(5-12)10(2)14(3)7-11-6-13-15(4)8-11/h6,8-10H,5,7,12H2,1-4H3. The fourth-order valence-electron chi connectivity index (χ4n) is 1.62. The summed E-state index contributed by atoms with van der Waals surface area (Å²) >= 11 is 0. The van der Waals surface area contributed by atoms with Gasteiger partial charge in [0.25, 0.3) is 0 Å². The minimum atomic E-state index is 0.496.